The molecule has 0 fully saturated rings. The van der Waals surface area contributed by atoms with Gasteiger partial charge in [-0.15, -0.1) is 0 Å². The van der Waals surface area contributed by atoms with Gasteiger partial charge in [0.2, 0.25) is 0 Å². The first-order chi connectivity index (χ1) is 20.9. The van der Waals surface area contributed by atoms with Crippen molar-refractivity contribution in [2.24, 2.45) is 0 Å². The van der Waals surface area contributed by atoms with Crippen molar-refractivity contribution in [3.05, 3.63) is 127 Å². The predicted molar refractivity (Wildman–Crippen MR) is 159 cm³/mol. The number of amides is 1. The molecule has 0 aliphatic rings. The summed E-state index contributed by atoms with van der Waals surface area (Å²) >= 11 is 0. The lowest BCUT2D eigenvalue weighted by atomic mass is 9.92. The third-order valence-electron chi connectivity index (χ3n) is 6.75. The van der Waals surface area contributed by atoms with Crippen molar-refractivity contribution in [2.45, 2.75) is 50.0 Å². The van der Waals surface area contributed by atoms with Crippen LogP contribution in [0, 0.1) is 0 Å². The lowest BCUT2D eigenvalue weighted by molar-refractivity contribution is -0.143. The van der Waals surface area contributed by atoms with Crippen molar-refractivity contribution in [3.8, 4) is 0 Å². The van der Waals surface area contributed by atoms with Crippen LogP contribution in [-0.4, -0.2) is 14.9 Å². The van der Waals surface area contributed by atoms with E-state index in [1.807, 2.05) is 0 Å². The van der Waals surface area contributed by atoms with Crippen LogP contribution in [-0.2, 0) is 23.3 Å². The Balaban J connectivity index is 1.82. The van der Waals surface area contributed by atoms with Crippen LogP contribution in [0.4, 0.5) is 37.7 Å². The van der Waals surface area contributed by atoms with Gasteiger partial charge in [-0.1, -0.05) is 60.7 Å². The number of halogens is 6. The second-order valence-electron chi connectivity index (χ2n) is 11.1. The number of anilines is 2. The molecule has 1 unspecified atom stereocenters. The molecule has 238 valence electrons. The molecule has 0 aromatic heterocycles. The first-order valence-electron chi connectivity index (χ1n) is 13.4. The predicted octanol–water partition coefficient (Wildman–Crippen LogP) is 6.52. The number of carbonyl (C=O) groups is 1. The minimum Gasteiger partial charge on any atom is -0.371 e. The minimum atomic E-state index is -5.18. The fourth-order valence-corrected chi connectivity index (χ4v) is 5.06. The minimum absolute atomic E-state index is 0.0818. The largest absolute Gasteiger partial charge is 0.416 e. The summed E-state index contributed by atoms with van der Waals surface area (Å²) in [6, 6.07) is 14.4. The summed E-state index contributed by atoms with van der Waals surface area (Å²) < 4.78 is 95.7. The number of alkyl halides is 6. The highest BCUT2D eigenvalue weighted by Crippen LogP contribution is 2.38. The van der Waals surface area contributed by atoms with Crippen molar-refractivity contribution >= 4 is 28.3 Å². The fraction of sp³-hybridized carbons (Fsp3) is 0.258. The average Bonchev–Trinajstić information content (AvgIpc) is 2.98. The van der Waals surface area contributed by atoms with Gasteiger partial charge in [-0.05, 0) is 50.1 Å². The smallest absolute Gasteiger partial charge is 0.371 e. The van der Waals surface area contributed by atoms with E-state index in [4.69, 9.17) is 0 Å². The van der Waals surface area contributed by atoms with Gasteiger partial charge < -0.3 is 10.6 Å². The molecule has 4 aromatic rings. The van der Waals surface area contributed by atoms with Gasteiger partial charge >= 0.3 is 12.4 Å². The Morgan fingerprint density at radius 3 is 1.58 bits per heavy atom. The summed E-state index contributed by atoms with van der Waals surface area (Å²) in [5.74, 6) is -1.26. The highest BCUT2D eigenvalue weighted by atomic mass is 32.2. The van der Waals surface area contributed by atoms with Crippen molar-refractivity contribution < 1.29 is 35.3 Å². The zero-order valence-corrected chi connectivity index (χ0v) is 24.8. The molecule has 1 amide bonds. The normalized spacial score (nSPS) is 14.4. The van der Waals surface area contributed by atoms with Crippen LogP contribution in [0.3, 0.4) is 0 Å². The summed E-state index contributed by atoms with van der Waals surface area (Å²) in [6.07, 6.45) is -10.4. The Morgan fingerprint density at radius 1 is 0.689 bits per heavy atom. The molecule has 0 aliphatic heterocycles. The van der Waals surface area contributed by atoms with Gasteiger partial charge in [-0.3, -0.25) is 19.1 Å². The Morgan fingerprint density at radius 2 is 1.13 bits per heavy atom. The van der Waals surface area contributed by atoms with Gasteiger partial charge in [0.05, 0.1) is 28.0 Å². The van der Waals surface area contributed by atoms with E-state index in [0.29, 0.717) is 23.3 Å². The van der Waals surface area contributed by atoms with Crippen LogP contribution in [0.15, 0.2) is 88.5 Å². The molecule has 14 heteroatoms. The third kappa shape index (κ3) is 7.62. The van der Waals surface area contributed by atoms with Crippen molar-refractivity contribution in [2.75, 3.05) is 10.0 Å². The van der Waals surface area contributed by atoms with Crippen LogP contribution in [0.1, 0.15) is 65.5 Å². The van der Waals surface area contributed by atoms with Crippen LogP contribution in [0.2, 0.25) is 0 Å². The molecule has 7 nitrogen and oxygen atoms in total. The highest BCUT2D eigenvalue weighted by Gasteiger charge is 2.38. The topological polar surface area (TPSA) is 104 Å². The van der Waals surface area contributed by atoms with Gasteiger partial charge in [0.1, 0.15) is 22.4 Å². The number of nitrogens with one attached hydrogen (secondary N) is 3. The Bertz CT molecular complexity index is 1750. The van der Waals surface area contributed by atoms with Crippen molar-refractivity contribution in [1.82, 2.24) is 5.32 Å². The Kier molecular flexibility index (Phi) is 9.29. The molecule has 4 aromatic carbocycles. The van der Waals surface area contributed by atoms with Gasteiger partial charge in [0.15, 0.2) is 0 Å². The summed E-state index contributed by atoms with van der Waals surface area (Å²) in [5, 5.41) is 5.45. The maximum atomic E-state index is 13.5. The standard InChI is InChI=1S/C31H27F6N3O4S/c1-29(2,3)45(44)40-25-24(26(41)27(25)42)38-22(17-10-6-4-7-11-17)23(18-12-8-5-9-13-18)39-28(43)19-14-20(30(32,33)34)16-21(15-19)31(35,36)37/h4-16,22-23,38,40H,1-3H3,(H,39,43)/t22-,23-,45?/m0/s1. The van der Waals surface area contributed by atoms with E-state index in [-0.39, 0.29) is 17.4 Å². The second kappa shape index (κ2) is 12.5. The third-order valence-corrected chi connectivity index (χ3v) is 8.25. The maximum Gasteiger partial charge on any atom is 0.416 e. The molecule has 4 rings (SSSR count). The fourth-order valence-electron chi connectivity index (χ4n) is 4.38. The first kappa shape index (κ1) is 33.4. The molecule has 3 atom stereocenters. The Hall–Kier alpha value is -4.46. The molecule has 0 aliphatic carbocycles. The number of carbonyl (C=O) groups excluding carboxylic acids is 1. The molecule has 3 N–H and O–H groups in total. The number of hydrogen-bond donors (Lipinski definition) is 3. The lowest BCUT2D eigenvalue weighted by Gasteiger charge is -2.32. The van der Waals surface area contributed by atoms with Gasteiger partial charge in [0.25, 0.3) is 16.8 Å². The van der Waals surface area contributed by atoms with Gasteiger partial charge in [-0.25, -0.2) is 4.21 Å². The number of hydrogen-bond acceptors (Lipinski definition) is 5. The SMILES string of the molecule is CC(C)(C)S(=O)Nc1c(N[C@@H](c2ccccc2)[C@@H](NC(=O)c2cc(C(F)(F)F)cc(C(F)(F)F)c2)c2ccccc2)c(=O)c1=O. The van der Waals surface area contributed by atoms with Crippen LogP contribution >= 0.6 is 0 Å². The lowest BCUT2D eigenvalue weighted by Crippen LogP contribution is -2.43. The zero-order valence-electron chi connectivity index (χ0n) is 24.0. The van der Waals surface area contributed by atoms with E-state index in [1.54, 1.807) is 81.4 Å². The monoisotopic (exact) mass is 651 g/mol. The maximum absolute atomic E-state index is 13.5. The highest BCUT2D eigenvalue weighted by molar-refractivity contribution is 7.87. The molecule has 0 saturated carbocycles. The summed E-state index contributed by atoms with van der Waals surface area (Å²) in [6.45, 7) is 4.92. The number of rotatable bonds is 9. The molecule has 0 spiro atoms. The van der Waals surface area contributed by atoms with Crippen LogP contribution in [0.5, 0.6) is 0 Å². The number of benzene rings is 3. The Labute approximate surface area is 256 Å². The molecule has 0 saturated heterocycles. The van der Waals surface area contributed by atoms with E-state index in [0.717, 1.165) is 0 Å². The molecule has 0 heterocycles. The molecule has 0 bridgehead atoms. The van der Waals surface area contributed by atoms with Gasteiger partial charge in [0, 0.05) is 5.56 Å². The first-order valence-corrected chi connectivity index (χ1v) is 14.5. The van der Waals surface area contributed by atoms with E-state index < -0.39 is 73.6 Å². The summed E-state index contributed by atoms with van der Waals surface area (Å²) in [5.41, 5.74) is -5.84. The van der Waals surface area contributed by atoms with E-state index in [1.165, 1.54) is 0 Å². The van der Waals surface area contributed by atoms with E-state index in [9.17, 15) is 44.9 Å². The van der Waals surface area contributed by atoms with E-state index >= 15 is 0 Å². The van der Waals surface area contributed by atoms with Crippen LogP contribution in [0.25, 0.3) is 0 Å². The quantitative estimate of drug-likeness (QED) is 0.141. The van der Waals surface area contributed by atoms with Gasteiger partial charge in [-0.2, -0.15) is 26.3 Å². The van der Waals surface area contributed by atoms with Crippen molar-refractivity contribution in [1.29, 1.82) is 0 Å². The molecular weight excluding hydrogens is 624 g/mol. The molecule has 0 radical (unpaired) electrons. The summed E-state index contributed by atoms with van der Waals surface area (Å²) in [7, 11) is -1.81. The molecular formula is C31H27F6N3O4S. The summed E-state index contributed by atoms with van der Waals surface area (Å²) in [4.78, 5) is 38.7. The van der Waals surface area contributed by atoms with Crippen LogP contribution < -0.4 is 26.2 Å². The van der Waals surface area contributed by atoms with Crippen molar-refractivity contribution in [3.63, 3.8) is 0 Å². The second-order valence-corrected chi connectivity index (χ2v) is 13.0. The molecule has 45 heavy (non-hydrogen) atoms. The average molecular weight is 652 g/mol. The zero-order chi connectivity index (χ0) is 33.3. The van der Waals surface area contributed by atoms with E-state index in [2.05, 4.69) is 15.4 Å².